The van der Waals surface area contributed by atoms with E-state index in [0.29, 0.717) is 11.3 Å². The summed E-state index contributed by atoms with van der Waals surface area (Å²) >= 11 is 0. The van der Waals surface area contributed by atoms with Crippen LogP contribution in [0.4, 0.5) is 4.39 Å². The van der Waals surface area contributed by atoms with E-state index in [9.17, 15) is 9.65 Å². The second-order valence-electron chi connectivity index (χ2n) is 5.08. The molecule has 0 N–H and O–H groups in total. The molecule has 3 rings (SSSR count). The quantitative estimate of drug-likeness (QED) is 0.725. The van der Waals surface area contributed by atoms with Crippen LogP contribution in [0.2, 0.25) is 0 Å². The Labute approximate surface area is 127 Å². The summed E-state index contributed by atoms with van der Waals surface area (Å²) in [6, 6.07) is 14.1. The summed E-state index contributed by atoms with van der Waals surface area (Å²) in [4.78, 5) is 0. The van der Waals surface area contributed by atoms with E-state index in [1.54, 1.807) is 18.2 Å². The van der Waals surface area contributed by atoms with Crippen LogP contribution in [0.5, 0.6) is 0 Å². The summed E-state index contributed by atoms with van der Waals surface area (Å²) in [5, 5.41) is 17.2. The molecule has 0 saturated heterocycles. The fraction of sp³-hybridized carbons (Fsp3) is 0.118. The van der Waals surface area contributed by atoms with Crippen molar-refractivity contribution in [2.45, 2.75) is 13.8 Å². The molecule has 1 heterocycles. The molecule has 0 spiro atoms. The summed E-state index contributed by atoms with van der Waals surface area (Å²) in [6.07, 6.45) is 0. The number of benzene rings is 2. The van der Waals surface area contributed by atoms with Gasteiger partial charge >= 0.3 is 0 Å². The van der Waals surface area contributed by atoms with Crippen molar-refractivity contribution in [3.63, 3.8) is 0 Å². The molecule has 3 aromatic rings. The number of aromatic nitrogens is 3. The highest BCUT2D eigenvalue weighted by molar-refractivity contribution is 5.68. The average Bonchev–Trinajstić information content (AvgIpc) is 2.91. The molecule has 4 nitrogen and oxygen atoms in total. The van der Waals surface area contributed by atoms with Gasteiger partial charge in [-0.05, 0) is 37.6 Å². The molecule has 0 unspecified atom stereocenters. The summed E-state index contributed by atoms with van der Waals surface area (Å²) in [6.45, 7) is 3.94. The molecule has 0 radical (unpaired) electrons. The van der Waals surface area contributed by atoms with Gasteiger partial charge < -0.3 is 0 Å². The summed E-state index contributed by atoms with van der Waals surface area (Å²) in [5.74, 6) is -0.410. The van der Waals surface area contributed by atoms with Gasteiger partial charge in [-0.25, -0.2) is 9.07 Å². The van der Waals surface area contributed by atoms with Crippen LogP contribution in [0.25, 0.3) is 16.9 Å². The largest absolute Gasteiger partial charge is 0.211 e. The van der Waals surface area contributed by atoms with Crippen LogP contribution in [0.1, 0.15) is 16.8 Å². The Balaban J connectivity index is 2.29. The Morgan fingerprint density at radius 1 is 1.14 bits per heavy atom. The number of rotatable bonds is 2. The maximum absolute atomic E-state index is 14.2. The molecule has 0 aliphatic rings. The first-order valence-corrected chi connectivity index (χ1v) is 6.80. The van der Waals surface area contributed by atoms with Gasteiger partial charge in [-0.2, -0.15) is 5.26 Å². The maximum atomic E-state index is 14.2. The minimum absolute atomic E-state index is 0.102. The lowest BCUT2D eigenvalue weighted by Crippen LogP contribution is -2.03. The number of halogens is 1. The number of nitrogens with zero attached hydrogens (tertiary/aromatic N) is 4. The topological polar surface area (TPSA) is 54.5 Å². The van der Waals surface area contributed by atoms with Crippen molar-refractivity contribution in [1.29, 1.82) is 5.26 Å². The number of aryl methyl sites for hydroxylation is 2. The lowest BCUT2D eigenvalue weighted by atomic mass is 10.1. The fourth-order valence-corrected chi connectivity index (χ4v) is 2.46. The molecule has 0 aliphatic heterocycles. The molecule has 0 bridgehead atoms. The van der Waals surface area contributed by atoms with E-state index >= 15 is 0 Å². The molecule has 108 valence electrons. The summed E-state index contributed by atoms with van der Waals surface area (Å²) < 4.78 is 15.7. The average molecular weight is 292 g/mol. The van der Waals surface area contributed by atoms with Crippen molar-refractivity contribution in [2.75, 3.05) is 0 Å². The molecular weight excluding hydrogens is 279 g/mol. The van der Waals surface area contributed by atoms with Crippen molar-refractivity contribution in [2.24, 2.45) is 0 Å². The smallest absolute Gasteiger partial charge is 0.191 e. The molecule has 5 heteroatoms. The molecule has 22 heavy (non-hydrogen) atoms. The van der Waals surface area contributed by atoms with Crippen LogP contribution >= 0.6 is 0 Å². The lowest BCUT2D eigenvalue weighted by Gasteiger charge is -2.10. The first-order valence-electron chi connectivity index (χ1n) is 6.80. The number of nitriles is 1. The van der Waals surface area contributed by atoms with Gasteiger partial charge in [0.05, 0.1) is 5.69 Å². The number of hydrogen-bond donors (Lipinski definition) is 0. The van der Waals surface area contributed by atoms with Gasteiger partial charge in [0.25, 0.3) is 0 Å². The Hall–Kier alpha value is -3.00. The van der Waals surface area contributed by atoms with Crippen molar-refractivity contribution >= 4 is 0 Å². The van der Waals surface area contributed by atoms with Crippen LogP contribution in [0.3, 0.4) is 0 Å². The van der Waals surface area contributed by atoms with Gasteiger partial charge in [-0.3, -0.25) is 0 Å². The third-order valence-electron chi connectivity index (χ3n) is 3.49. The maximum Gasteiger partial charge on any atom is 0.191 e. The van der Waals surface area contributed by atoms with Crippen molar-refractivity contribution in [3.05, 3.63) is 65.1 Å². The van der Waals surface area contributed by atoms with E-state index in [1.165, 1.54) is 10.7 Å². The second-order valence-corrected chi connectivity index (χ2v) is 5.08. The highest BCUT2D eigenvalue weighted by Gasteiger charge is 2.19. The summed E-state index contributed by atoms with van der Waals surface area (Å²) in [5.41, 5.74) is 3.65. The molecule has 0 amide bonds. The second kappa shape index (κ2) is 5.41. The van der Waals surface area contributed by atoms with E-state index in [0.717, 1.165) is 16.8 Å². The number of hydrogen-bond acceptors (Lipinski definition) is 3. The molecule has 2 aromatic carbocycles. The molecular formula is C17H13FN4. The zero-order chi connectivity index (χ0) is 15.7. The zero-order valence-corrected chi connectivity index (χ0v) is 12.2. The normalized spacial score (nSPS) is 10.5. The van der Waals surface area contributed by atoms with Crippen LogP contribution in [-0.2, 0) is 0 Å². The van der Waals surface area contributed by atoms with Crippen molar-refractivity contribution in [1.82, 2.24) is 15.0 Å². The highest BCUT2D eigenvalue weighted by atomic mass is 19.1. The Morgan fingerprint density at radius 2 is 1.91 bits per heavy atom. The van der Waals surface area contributed by atoms with Gasteiger partial charge in [-0.1, -0.05) is 35.0 Å². The molecule has 0 aliphatic carbocycles. The predicted molar refractivity (Wildman–Crippen MR) is 80.9 cm³/mol. The first kappa shape index (κ1) is 14.0. The standard InChI is InChI=1S/C17H13FN4/c1-11-7-8-16(12(2)9-11)22-17(15(10-19)20-21-22)13-5-3-4-6-14(13)18/h3-9H,1-2H3. The van der Waals surface area contributed by atoms with Crippen molar-refractivity contribution in [3.8, 4) is 23.0 Å². The van der Waals surface area contributed by atoms with Crippen molar-refractivity contribution < 1.29 is 4.39 Å². The van der Waals surface area contributed by atoms with Gasteiger partial charge in [0, 0.05) is 5.56 Å². The minimum Gasteiger partial charge on any atom is -0.211 e. The fourth-order valence-electron chi connectivity index (χ4n) is 2.46. The molecule has 0 saturated carbocycles. The van der Waals surface area contributed by atoms with Gasteiger partial charge in [-0.15, -0.1) is 5.10 Å². The highest BCUT2D eigenvalue weighted by Crippen LogP contribution is 2.28. The Kier molecular flexibility index (Phi) is 3.43. The van der Waals surface area contributed by atoms with E-state index in [2.05, 4.69) is 10.3 Å². The van der Waals surface area contributed by atoms with Crippen LogP contribution < -0.4 is 0 Å². The third-order valence-corrected chi connectivity index (χ3v) is 3.49. The summed E-state index contributed by atoms with van der Waals surface area (Å²) in [7, 11) is 0. The lowest BCUT2D eigenvalue weighted by molar-refractivity contribution is 0.629. The van der Waals surface area contributed by atoms with E-state index in [4.69, 9.17) is 0 Å². The Morgan fingerprint density at radius 3 is 2.59 bits per heavy atom. The third kappa shape index (κ3) is 2.25. The van der Waals surface area contributed by atoms with Crippen LogP contribution in [0, 0.1) is 31.0 Å². The van der Waals surface area contributed by atoms with Crippen LogP contribution in [0.15, 0.2) is 42.5 Å². The minimum atomic E-state index is -0.410. The van der Waals surface area contributed by atoms with E-state index in [-0.39, 0.29) is 5.69 Å². The van der Waals surface area contributed by atoms with E-state index < -0.39 is 5.82 Å². The molecule has 0 atom stereocenters. The molecule has 1 aromatic heterocycles. The van der Waals surface area contributed by atoms with Gasteiger partial charge in [0.2, 0.25) is 0 Å². The zero-order valence-electron chi connectivity index (χ0n) is 12.2. The van der Waals surface area contributed by atoms with Crippen LogP contribution in [-0.4, -0.2) is 15.0 Å². The van der Waals surface area contributed by atoms with Gasteiger partial charge in [0.15, 0.2) is 5.69 Å². The molecule has 0 fully saturated rings. The Bertz CT molecular complexity index is 890. The van der Waals surface area contributed by atoms with E-state index in [1.807, 2.05) is 38.1 Å². The predicted octanol–water partition coefficient (Wildman–Crippen LogP) is 3.56. The SMILES string of the molecule is Cc1ccc(-n2nnc(C#N)c2-c2ccccc2F)c(C)c1. The monoisotopic (exact) mass is 292 g/mol. The first-order chi connectivity index (χ1) is 10.6. The van der Waals surface area contributed by atoms with Gasteiger partial charge in [0.1, 0.15) is 17.6 Å².